The number of hydrogen-bond acceptors (Lipinski definition) is 3. The zero-order valence-corrected chi connectivity index (χ0v) is 41.6. The second-order valence-electron chi connectivity index (χ2n) is 19.2. The predicted molar refractivity (Wildman–Crippen MR) is 271 cm³/mol. The van der Waals surface area contributed by atoms with Crippen molar-refractivity contribution in [3.8, 4) is 67.5 Å². The van der Waals surface area contributed by atoms with Crippen molar-refractivity contribution in [1.29, 1.82) is 0 Å². The summed E-state index contributed by atoms with van der Waals surface area (Å²) in [5, 5.41) is 12.3. The van der Waals surface area contributed by atoms with Gasteiger partial charge in [0.15, 0.2) is 0 Å². The van der Waals surface area contributed by atoms with Gasteiger partial charge >= 0.3 is 0 Å². The molecule has 0 saturated carbocycles. The molecule has 6 aromatic carbocycles. The third-order valence-corrected chi connectivity index (χ3v) is 12.3. The van der Waals surface area contributed by atoms with E-state index in [0.717, 1.165) is 44.5 Å². The molecule has 1 N–H and O–H groups in total. The van der Waals surface area contributed by atoms with Crippen LogP contribution >= 0.6 is 0 Å². The van der Waals surface area contributed by atoms with Crippen LogP contribution in [0.25, 0.3) is 72.7 Å². The van der Waals surface area contributed by atoms with Crippen molar-refractivity contribution in [3.05, 3.63) is 166 Å². The van der Waals surface area contributed by atoms with E-state index in [1.165, 1.54) is 0 Å². The minimum atomic E-state index is -2.62. The van der Waals surface area contributed by atoms with Crippen molar-refractivity contribution < 1.29 is 37.1 Å². The number of aromatic hydroxyl groups is 1. The monoisotopic (exact) mass is 1050 g/mol. The van der Waals surface area contributed by atoms with Crippen LogP contribution in [0.2, 0.25) is 0 Å². The number of aryl methyl sites for hydroxylation is 2. The van der Waals surface area contributed by atoms with Gasteiger partial charge in [0.25, 0.3) is 0 Å². The Morgan fingerprint density at radius 1 is 0.646 bits per heavy atom. The molecule has 0 saturated heterocycles. The molecule has 2 aromatic heterocycles. The van der Waals surface area contributed by atoms with E-state index in [-0.39, 0.29) is 55.2 Å². The van der Waals surface area contributed by atoms with Crippen molar-refractivity contribution in [1.82, 2.24) is 14.5 Å². The Morgan fingerprint density at radius 3 is 1.95 bits per heavy atom. The molecule has 5 heteroatoms. The molecule has 65 heavy (non-hydrogen) atoms. The van der Waals surface area contributed by atoms with E-state index in [9.17, 15) is 5.11 Å². The number of nitrogens with zero attached hydrogens (tertiary/aromatic N) is 3. The minimum absolute atomic E-state index is 0. The van der Waals surface area contributed by atoms with Crippen molar-refractivity contribution in [3.63, 3.8) is 0 Å². The molecule has 0 spiro atoms. The number of hydrogen-bond donors (Lipinski definition) is 1. The molecule has 0 radical (unpaired) electrons. The van der Waals surface area contributed by atoms with E-state index >= 15 is 0 Å². The van der Waals surface area contributed by atoms with Gasteiger partial charge in [-0.05, 0) is 123 Å². The quantitative estimate of drug-likeness (QED) is 0.139. The number of benzene rings is 6. The van der Waals surface area contributed by atoms with Crippen LogP contribution in [0, 0.1) is 19.8 Å². The fraction of sp³-hybridized carbons (Fsp3) is 0.300. The Bertz CT molecular complexity index is 3320. The molecule has 0 atom stereocenters. The second kappa shape index (κ2) is 18.7. The maximum Gasteiger partial charge on any atom is 0.148 e. The molecule has 0 aliphatic heterocycles. The first-order valence-corrected chi connectivity index (χ1v) is 22.3. The van der Waals surface area contributed by atoms with Crippen LogP contribution < -0.4 is 0 Å². The summed E-state index contributed by atoms with van der Waals surface area (Å²) in [5.41, 5.74) is 12.2. The Balaban J connectivity index is 0.00000780. The molecule has 0 aliphatic carbocycles. The Kier molecular flexibility index (Phi) is 10.8. The van der Waals surface area contributed by atoms with E-state index in [2.05, 4.69) is 52.8 Å². The fourth-order valence-corrected chi connectivity index (χ4v) is 8.35. The molecule has 336 valence electrons. The average Bonchev–Trinajstić information content (AvgIpc) is 3.69. The minimum Gasteiger partial charge on any atom is -0.507 e. The van der Waals surface area contributed by atoms with Gasteiger partial charge in [-0.3, -0.25) is 9.55 Å². The number of aromatic nitrogens is 3. The van der Waals surface area contributed by atoms with E-state index in [4.69, 9.17) is 20.9 Å². The zero-order chi connectivity index (χ0) is 52.6. The summed E-state index contributed by atoms with van der Waals surface area (Å²) in [7, 11) is 0. The molecule has 0 bridgehead atoms. The Hall–Kier alpha value is -5.57. The van der Waals surface area contributed by atoms with Gasteiger partial charge in [0.1, 0.15) is 11.6 Å². The number of imidazole rings is 1. The first kappa shape index (κ1) is 37.6. The number of phenols is 1. The molecular formula is C60H64N3OPt-. The van der Waals surface area contributed by atoms with Gasteiger partial charge in [-0.1, -0.05) is 166 Å². The second-order valence-corrected chi connectivity index (χ2v) is 19.2. The first-order valence-electron chi connectivity index (χ1n) is 26.3. The van der Waals surface area contributed by atoms with Crippen LogP contribution in [0.4, 0.5) is 0 Å². The number of phenolic OH excluding ortho intramolecular Hbond substituents is 1. The third-order valence-electron chi connectivity index (χ3n) is 12.3. The van der Waals surface area contributed by atoms with E-state index in [1.54, 1.807) is 52.1 Å². The van der Waals surface area contributed by atoms with Crippen molar-refractivity contribution >= 4 is 11.0 Å². The van der Waals surface area contributed by atoms with Gasteiger partial charge in [0, 0.05) is 43.9 Å². The Morgan fingerprint density at radius 2 is 1.32 bits per heavy atom. The van der Waals surface area contributed by atoms with Crippen LogP contribution in [-0.2, 0) is 26.5 Å². The Labute approximate surface area is 413 Å². The molecule has 0 amide bonds. The molecule has 8 rings (SSSR count). The molecular weight excluding hydrogens is 974 g/mol. The van der Waals surface area contributed by atoms with E-state index in [0.29, 0.717) is 56.1 Å². The summed E-state index contributed by atoms with van der Waals surface area (Å²) in [5.74, 6) is -1.44. The van der Waals surface area contributed by atoms with Crippen molar-refractivity contribution in [2.45, 2.75) is 119 Å². The summed E-state index contributed by atoms with van der Waals surface area (Å²) < 4.78 is 70.5. The summed E-state index contributed by atoms with van der Waals surface area (Å²) in [6.45, 7) is 17.1. The molecule has 8 aromatic rings. The largest absolute Gasteiger partial charge is 0.507 e. The first-order chi connectivity index (χ1) is 33.4. The maximum atomic E-state index is 12.3. The van der Waals surface area contributed by atoms with Gasteiger partial charge in [0.2, 0.25) is 0 Å². The van der Waals surface area contributed by atoms with Crippen LogP contribution in [0.1, 0.15) is 150 Å². The van der Waals surface area contributed by atoms with Gasteiger partial charge in [-0.25, -0.2) is 4.98 Å². The van der Waals surface area contributed by atoms with E-state index < -0.39 is 25.5 Å². The van der Waals surface area contributed by atoms with Gasteiger partial charge < -0.3 is 5.11 Å². The number of pyridine rings is 1. The average molecular weight is 1050 g/mol. The number of fused-ring (bicyclic) bond motifs is 1. The topological polar surface area (TPSA) is 50.9 Å². The molecule has 0 unspecified atom stereocenters. The van der Waals surface area contributed by atoms with E-state index in [1.807, 2.05) is 103 Å². The van der Waals surface area contributed by atoms with Crippen LogP contribution in [0.3, 0.4) is 0 Å². The zero-order valence-electron chi connectivity index (χ0n) is 47.3. The molecule has 0 fully saturated rings. The number of para-hydroxylation sites is 1. The van der Waals surface area contributed by atoms with Crippen LogP contribution in [-0.4, -0.2) is 19.6 Å². The summed E-state index contributed by atoms with van der Waals surface area (Å²) in [6.07, 6.45) is 1.74. The molecule has 4 nitrogen and oxygen atoms in total. The predicted octanol–water partition coefficient (Wildman–Crippen LogP) is 16.7. The van der Waals surface area contributed by atoms with Gasteiger partial charge in [-0.2, -0.15) is 0 Å². The molecule has 2 heterocycles. The van der Waals surface area contributed by atoms with Gasteiger partial charge in [0.05, 0.1) is 22.3 Å². The van der Waals surface area contributed by atoms with Crippen LogP contribution in [0.15, 0.2) is 121 Å². The van der Waals surface area contributed by atoms with Crippen LogP contribution in [0.5, 0.6) is 5.75 Å². The van der Waals surface area contributed by atoms with Crippen molar-refractivity contribution in [2.75, 3.05) is 0 Å². The standard InChI is InChI=1S/C60H64N3O.Pt/c1-35(2)44-26-45(36(3)4)28-47(27-44)42-21-22-55(40(10)25-42)63-56-16-14-15-51(57(56)62-59(63)53-33-46(37(5)6)32-52(38(7)8)58(53)64)48-29-49(31-50(30-48)60(11,12)13)54-34-43(23-24-61-54)41-19-17-39(9)18-20-41;/h14-28,30-38,64H,1-13H3;/q-1;/i9D3,10D3,35D,36D;. The van der Waals surface area contributed by atoms with Gasteiger partial charge in [-0.15, -0.1) is 29.3 Å². The normalized spacial score (nSPS) is 14.5. The van der Waals surface area contributed by atoms with Crippen molar-refractivity contribution in [2.24, 2.45) is 0 Å². The summed E-state index contributed by atoms with van der Waals surface area (Å²) in [4.78, 5) is 10.3. The smallest absolute Gasteiger partial charge is 0.148 e. The number of rotatable bonds is 10. The fourth-order valence-electron chi connectivity index (χ4n) is 8.35. The third kappa shape index (κ3) is 9.57. The summed E-state index contributed by atoms with van der Waals surface area (Å²) >= 11 is 0. The summed E-state index contributed by atoms with van der Waals surface area (Å²) in [6, 6.07) is 39.6. The molecule has 0 aliphatic rings. The maximum absolute atomic E-state index is 12.3. The SMILES string of the molecule is [2H]C([2H])([2H])c1ccc(-c2ccnc(-c3[c-]c(-c4cccc5c4nc(-c4cc(C(C)C)cc(C(C)C)c4O)n5-c4ccc(-c5cc(C([2H])(C)C)cc(C([2H])(C)C)c5)cc4C([2H])([2H])[2H])cc(C(C)(C)C)c3)c2)cc1.[Pt].